The first kappa shape index (κ1) is 24.9. The van der Waals surface area contributed by atoms with Gasteiger partial charge in [0.2, 0.25) is 0 Å². The van der Waals surface area contributed by atoms with Crippen molar-refractivity contribution >= 4 is 29.2 Å². The van der Waals surface area contributed by atoms with Gasteiger partial charge in [0.05, 0.1) is 36.6 Å². The Kier molecular flexibility index (Phi) is 7.62. The van der Waals surface area contributed by atoms with Gasteiger partial charge in [0, 0.05) is 6.07 Å². The number of halogens is 7. The smallest absolute Gasteiger partial charge is 0.416 e. The summed E-state index contributed by atoms with van der Waals surface area (Å²) in [6, 6.07) is 1.39. The van der Waals surface area contributed by atoms with Crippen LogP contribution in [0.4, 0.5) is 32.0 Å². The Labute approximate surface area is 181 Å². The number of anilines is 1. The maximum atomic E-state index is 14.3. The molecule has 0 spiro atoms. The van der Waals surface area contributed by atoms with Crippen molar-refractivity contribution in [2.45, 2.75) is 6.18 Å². The number of esters is 2. The van der Waals surface area contributed by atoms with Gasteiger partial charge in [-0.05, 0) is 18.2 Å². The molecule has 0 aliphatic rings. The minimum absolute atomic E-state index is 0.00343. The molecule has 2 aromatic carbocycles. The fourth-order valence-electron chi connectivity index (χ4n) is 2.21. The van der Waals surface area contributed by atoms with Gasteiger partial charge < -0.3 is 19.5 Å². The minimum atomic E-state index is -5.01. The molecule has 0 saturated carbocycles. The number of methoxy groups -OCH3 is 2. The van der Waals surface area contributed by atoms with E-state index in [-0.39, 0.29) is 12.1 Å². The van der Waals surface area contributed by atoms with Crippen molar-refractivity contribution in [2.24, 2.45) is 0 Å². The lowest BCUT2D eigenvalue weighted by molar-refractivity contribution is -0.138. The highest BCUT2D eigenvalue weighted by Crippen LogP contribution is 2.39. The average Bonchev–Trinajstić information content (AvgIpc) is 2.71. The van der Waals surface area contributed by atoms with Crippen molar-refractivity contribution in [2.75, 3.05) is 19.5 Å². The second-order valence-corrected chi connectivity index (χ2v) is 6.24. The van der Waals surface area contributed by atoms with Gasteiger partial charge in [-0.1, -0.05) is 11.6 Å². The molecular formula is C19H12ClF6NO5. The molecule has 0 saturated heterocycles. The van der Waals surface area contributed by atoms with Gasteiger partial charge in [-0.15, -0.1) is 0 Å². The lowest BCUT2D eigenvalue weighted by atomic mass is 10.2. The number of hydrogen-bond acceptors (Lipinski definition) is 6. The lowest BCUT2D eigenvalue weighted by Crippen LogP contribution is -2.16. The van der Waals surface area contributed by atoms with Gasteiger partial charge in [-0.3, -0.25) is 0 Å². The minimum Gasteiger partial charge on any atom is -0.466 e. The van der Waals surface area contributed by atoms with E-state index in [2.05, 4.69) is 14.8 Å². The van der Waals surface area contributed by atoms with E-state index in [0.717, 1.165) is 20.3 Å². The van der Waals surface area contributed by atoms with Crippen molar-refractivity contribution < 1.29 is 50.1 Å². The zero-order chi connectivity index (χ0) is 24.2. The first-order chi connectivity index (χ1) is 14.9. The summed E-state index contributed by atoms with van der Waals surface area (Å²) < 4.78 is 94.2. The van der Waals surface area contributed by atoms with E-state index < -0.39 is 69.0 Å². The molecule has 0 aliphatic carbocycles. The van der Waals surface area contributed by atoms with Crippen LogP contribution in [-0.2, 0) is 25.2 Å². The Bertz CT molecular complexity index is 1060. The summed E-state index contributed by atoms with van der Waals surface area (Å²) in [7, 11) is 1.98. The molecule has 13 heteroatoms. The highest BCUT2D eigenvalue weighted by Gasteiger charge is 2.33. The van der Waals surface area contributed by atoms with Crippen LogP contribution in [0.15, 0.2) is 36.0 Å². The van der Waals surface area contributed by atoms with Gasteiger partial charge in [0.15, 0.2) is 17.4 Å². The van der Waals surface area contributed by atoms with Gasteiger partial charge >= 0.3 is 18.1 Å². The average molecular weight is 484 g/mol. The number of carbonyl (C=O) groups excluding carboxylic acids is 2. The molecule has 32 heavy (non-hydrogen) atoms. The molecule has 0 amide bonds. The van der Waals surface area contributed by atoms with Crippen LogP contribution in [0.25, 0.3) is 0 Å². The number of rotatable bonds is 6. The molecule has 0 bridgehead atoms. The van der Waals surface area contributed by atoms with Crippen molar-refractivity contribution in [1.29, 1.82) is 0 Å². The molecule has 0 fully saturated rings. The molecule has 0 radical (unpaired) electrons. The molecule has 6 nitrogen and oxygen atoms in total. The topological polar surface area (TPSA) is 73.9 Å². The summed E-state index contributed by atoms with van der Waals surface area (Å²) in [5.41, 5.74) is -2.74. The summed E-state index contributed by atoms with van der Waals surface area (Å²) in [4.78, 5) is 23.2. The summed E-state index contributed by atoms with van der Waals surface area (Å²) in [6.07, 6.45) is -4.38. The Balaban J connectivity index is 2.46. The zero-order valence-corrected chi connectivity index (χ0v) is 16.8. The standard InChI is InChI=1S/C19H12ClF6NO5/c1-30-16(28)7-14(18(29)31-2)27-13-6-15(9(20)5-10(13)21)32-17-11(22)3-8(4-12(17)23)19(24,25)26/h3-7,27H,1-2H3/b14-7+. The van der Waals surface area contributed by atoms with Gasteiger partial charge in [0.25, 0.3) is 0 Å². The summed E-state index contributed by atoms with van der Waals surface area (Å²) >= 11 is 5.80. The van der Waals surface area contributed by atoms with E-state index in [1.54, 1.807) is 0 Å². The molecule has 0 heterocycles. The van der Waals surface area contributed by atoms with Gasteiger partial charge in [0.1, 0.15) is 17.3 Å². The molecule has 0 aromatic heterocycles. The molecule has 0 aliphatic heterocycles. The predicted octanol–water partition coefficient (Wildman–Crippen LogP) is 5.21. The number of benzene rings is 2. The van der Waals surface area contributed by atoms with E-state index >= 15 is 0 Å². The molecule has 0 atom stereocenters. The van der Waals surface area contributed by atoms with Crippen LogP contribution in [0.3, 0.4) is 0 Å². The van der Waals surface area contributed by atoms with Crippen molar-refractivity contribution in [1.82, 2.24) is 0 Å². The maximum absolute atomic E-state index is 14.3. The largest absolute Gasteiger partial charge is 0.466 e. The van der Waals surface area contributed by atoms with Crippen molar-refractivity contribution in [3.63, 3.8) is 0 Å². The Morgan fingerprint density at radius 2 is 1.56 bits per heavy atom. The molecule has 0 unspecified atom stereocenters. The first-order valence-corrected chi connectivity index (χ1v) is 8.63. The zero-order valence-electron chi connectivity index (χ0n) is 16.1. The van der Waals surface area contributed by atoms with Crippen LogP contribution in [0.2, 0.25) is 5.02 Å². The van der Waals surface area contributed by atoms with Gasteiger partial charge in [-0.2, -0.15) is 13.2 Å². The second kappa shape index (κ2) is 9.81. The molecule has 1 N–H and O–H groups in total. The summed E-state index contributed by atoms with van der Waals surface area (Å²) in [6.45, 7) is 0. The van der Waals surface area contributed by atoms with Crippen LogP contribution in [0.5, 0.6) is 11.5 Å². The highest BCUT2D eigenvalue weighted by molar-refractivity contribution is 6.32. The third-order valence-corrected chi connectivity index (χ3v) is 3.99. The highest BCUT2D eigenvalue weighted by atomic mass is 35.5. The van der Waals surface area contributed by atoms with E-state index in [0.29, 0.717) is 12.1 Å². The van der Waals surface area contributed by atoms with Crippen LogP contribution in [0.1, 0.15) is 5.56 Å². The Morgan fingerprint density at radius 1 is 0.969 bits per heavy atom. The Hall–Kier alpha value is -3.41. The molecular weight excluding hydrogens is 472 g/mol. The number of ether oxygens (including phenoxy) is 3. The lowest BCUT2D eigenvalue weighted by Gasteiger charge is -2.15. The van der Waals surface area contributed by atoms with Gasteiger partial charge in [-0.25, -0.2) is 22.8 Å². The second-order valence-electron chi connectivity index (χ2n) is 5.83. The number of hydrogen-bond donors (Lipinski definition) is 1. The van der Waals surface area contributed by atoms with Crippen LogP contribution < -0.4 is 10.1 Å². The van der Waals surface area contributed by atoms with E-state index in [4.69, 9.17) is 16.3 Å². The first-order valence-electron chi connectivity index (χ1n) is 8.25. The van der Waals surface area contributed by atoms with Crippen LogP contribution >= 0.6 is 11.6 Å². The number of carbonyl (C=O) groups is 2. The van der Waals surface area contributed by atoms with Crippen LogP contribution in [0, 0.1) is 17.5 Å². The number of nitrogens with one attached hydrogen (secondary N) is 1. The monoisotopic (exact) mass is 483 g/mol. The van der Waals surface area contributed by atoms with Crippen molar-refractivity contribution in [3.05, 3.63) is 64.1 Å². The molecule has 2 rings (SSSR count). The normalized spacial score (nSPS) is 11.7. The summed E-state index contributed by atoms with van der Waals surface area (Å²) in [5.74, 6) is -8.42. The third kappa shape index (κ3) is 5.84. The third-order valence-electron chi connectivity index (χ3n) is 3.70. The summed E-state index contributed by atoms with van der Waals surface area (Å²) in [5, 5.41) is 1.70. The predicted molar refractivity (Wildman–Crippen MR) is 98.6 cm³/mol. The van der Waals surface area contributed by atoms with Crippen LogP contribution in [-0.4, -0.2) is 26.2 Å². The van der Waals surface area contributed by atoms with Crippen molar-refractivity contribution in [3.8, 4) is 11.5 Å². The fraction of sp³-hybridized carbons (Fsp3) is 0.158. The Morgan fingerprint density at radius 3 is 2.06 bits per heavy atom. The molecule has 172 valence electrons. The van der Waals surface area contributed by atoms with E-state index in [1.165, 1.54) is 0 Å². The van der Waals surface area contributed by atoms with E-state index in [1.807, 2.05) is 0 Å². The van der Waals surface area contributed by atoms with E-state index in [9.17, 15) is 35.9 Å². The number of alkyl halides is 3. The molecule has 2 aromatic rings. The quantitative estimate of drug-likeness (QED) is 0.345. The maximum Gasteiger partial charge on any atom is 0.416 e. The SMILES string of the molecule is COC(=O)/C=C(/Nc1cc(Oc2c(F)cc(C(F)(F)F)cc2F)c(Cl)cc1F)C(=O)OC. The fourth-order valence-corrected chi connectivity index (χ4v) is 2.40.